The van der Waals surface area contributed by atoms with E-state index < -0.39 is 10.0 Å². The maximum Gasteiger partial charge on any atom is 0.252 e. The zero-order chi connectivity index (χ0) is 19.4. The molecule has 0 radical (unpaired) electrons. The van der Waals surface area contributed by atoms with Gasteiger partial charge in [-0.1, -0.05) is 17.3 Å². The summed E-state index contributed by atoms with van der Waals surface area (Å²) in [5.41, 5.74) is 1.67. The molecule has 0 N–H and O–H groups in total. The molecule has 0 aliphatic carbocycles. The highest BCUT2D eigenvalue weighted by molar-refractivity contribution is 7.89. The van der Waals surface area contributed by atoms with Gasteiger partial charge in [-0.05, 0) is 37.5 Å². The molecule has 1 aromatic carbocycles. The van der Waals surface area contributed by atoms with Gasteiger partial charge in [0.15, 0.2) is 5.82 Å². The van der Waals surface area contributed by atoms with E-state index in [-0.39, 0.29) is 12.5 Å². The van der Waals surface area contributed by atoms with Crippen molar-refractivity contribution in [2.45, 2.75) is 37.7 Å². The Morgan fingerprint density at radius 1 is 1.30 bits per heavy atom. The van der Waals surface area contributed by atoms with Crippen molar-refractivity contribution in [3.05, 3.63) is 41.0 Å². The van der Waals surface area contributed by atoms with Crippen LogP contribution in [-0.2, 0) is 26.1 Å². The number of aromatic nitrogens is 2. The summed E-state index contributed by atoms with van der Waals surface area (Å²) >= 11 is 0. The minimum absolute atomic E-state index is 0.0821. The standard InChI is InChI=1S/C18H25N3O5S/c1-13-4-5-14(2)16(10-13)27(22,23)21-7-6-15(11-21)18-19-17(26-20-18)12-25-9-8-24-3/h4-5,10,15H,6-9,11-12H2,1-3H3/t15-/m0/s1. The lowest BCUT2D eigenvalue weighted by atomic mass is 10.1. The van der Waals surface area contributed by atoms with E-state index in [4.69, 9.17) is 14.0 Å². The number of rotatable bonds is 8. The highest BCUT2D eigenvalue weighted by atomic mass is 32.2. The fourth-order valence-electron chi connectivity index (χ4n) is 3.08. The molecule has 1 aliphatic rings. The molecular weight excluding hydrogens is 370 g/mol. The number of hydrogen-bond acceptors (Lipinski definition) is 7. The first-order valence-electron chi connectivity index (χ1n) is 8.88. The second-order valence-electron chi connectivity index (χ2n) is 6.71. The molecule has 2 heterocycles. The molecular formula is C18H25N3O5S. The van der Waals surface area contributed by atoms with E-state index >= 15 is 0 Å². The van der Waals surface area contributed by atoms with Gasteiger partial charge in [-0.2, -0.15) is 9.29 Å². The Hall–Kier alpha value is -1.81. The van der Waals surface area contributed by atoms with E-state index in [1.807, 2.05) is 26.0 Å². The van der Waals surface area contributed by atoms with Crippen molar-refractivity contribution in [1.29, 1.82) is 0 Å². The van der Waals surface area contributed by atoms with Gasteiger partial charge in [0.2, 0.25) is 10.0 Å². The number of sulfonamides is 1. The van der Waals surface area contributed by atoms with Crippen molar-refractivity contribution in [2.24, 2.45) is 0 Å². The van der Waals surface area contributed by atoms with Gasteiger partial charge in [-0.3, -0.25) is 0 Å². The smallest absolute Gasteiger partial charge is 0.252 e. The number of ether oxygens (including phenoxy) is 2. The van der Waals surface area contributed by atoms with E-state index in [1.165, 1.54) is 4.31 Å². The van der Waals surface area contributed by atoms with Gasteiger partial charge in [-0.25, -0.2) is 8.42 Å². The number of methoxy groups -OCH3 is 1. The minimum Gasteiger partial charge on any atom is -0.382 e. The van der Waals surface area contributed by atoms with Crippen molar-refractivity contribution in [1.82, 2.24) is 14.4 Å². The topological polar surface area (TPSA) is 94.8 Å². The molecule has 0 amide bonds. The fourth-order valence-corrected chi connectivity index (χ4v) is 4.89. The molecule has 1 atom stereocenters. The molecule has 8 nitrogen and oxygen atoms in total. The molecule has 0 saturated carbocycles. The van der Waals surface area contributed by atoms with Crippen molar-refractivity contribution in [3.63, 3.8) is 0 Å². The predicted octanol–water partition coefficient (Wildman–Crippen LogP) is 2.03. The van der Waals surface area contributed by atoms with Gasteiger partial charge in [0.1, 0.15) is 6.61 Å². The monoisotopic (exact) mass is 395 g/mol. The average molecular weight is 395 g/mol. The van der Waals surface area contributed by atoms with Gasteiger partial charge in [0, 0.05) is 26.1 Å². The molecule has 1 saturated heterocycles. The molecule has 148 valence electrons. The first-order chi connectivity index (χ1) is 12.9. The third kappa shape index (κ3) is 4.55. The van der Waals surface area contributed by atoms with Crippen LogP contribution in [0.25, 0.3) is 0 Å². The Labute approximate surface area is 159 Å². The molecule has 1 aromatic heterocycles. The van der Waals surface area contributed by atoms with Crippen LogP contribution in [0, 0.1) is 13.8 Å². The van der Waals surface area contributed by atoms with Gasteiger partial charge < -0.3 is 14.0 Å². The Bertz CT molecular complexity index is 881. The lowest BCUT2D eigenvalue weighted by molar-refractivity contribution is 0.0494. The van der Waals surface area contributed by atoms with E-state index in [1.54, 1.807) is 13.2 Å². The van der Waals surface area contributed by atoms with E-state index in [0.29, 0.717) is 49.3 Å². The van der Waals surface area contributed by atoms with Crippen molar-refractivity contribution >= 4 is 10.0 Å². The molecule has 0 unspecified atom stereocenters. The molecule has 27 heavy (non-hydrogen) atoms. The summed E-state index contributed by atoms with van der Waals surface area (Å²) in [6, 6.07) is 5.48. The first kappa shape index (κ1) is 19.9. The highest BCUT2D eigenvalue weighted by Gasteiger charge is 2.36. The number of hydrogen-bond donors (Lipinski definition) is 0. The Morgan fingerprint density at radius 2 is 2.11 bits per heavy atom. The van der Waals surface area contributed by atoms with Crippen LogP contribution >= 0.6 is 0 Å². The second kappa shape index (κ2) is 8.47. The maximum absolute atomic E-state index is 13.0. The van der Waals surface area contributed by atoms with Crippen LogP contribution in [0.5, 0.6) is 0 Å². The van der Waals surface area contributed by atoms with Crippen molar-refractivity contribution in [2.75, 3.05) is 33.4 Å². The van der Waals surface area contributed by atoms with Gasteiger partial charge in [0.05, 0.1) is 18.1 Å². The molecule has 0 bridgehead atoms. The first-order valence-corrected chi connectivity index (χ1v) is 10.3. The van der Waals surface area contributed by atoms with Crippen molar-refractivity contribution in [3.8, 4) is 0 Å². The number of benzene rings is 1. The normalized spacial score (nSPS) is 18.3. The molecule has 1 fully saturated rings. The minimum atomic E-state index is -3.54. The third-order valence-electron chi connectivity index (χ3n) is 4.62. The summed E-state index contributed by atoms with van der Waals surface area (Å²) in [6.45, 7) is 5.64. The molecule has 1 aliphatic heterocycles. The Morgan fingerprint density at radius 3 is 2.89 bits per heavy atom. The predicted molar refractivity (Wildman–Crippen MR) is 97.9 cm³/mol. The summed E-state index contributed by atoms with van der Waals surface area (Å²) in [7, 11) is -1.93. The number of aryl methyl sites for hydroxylation is 2. The van der Waals surface area contributed by atoms with E-state index in [9.17, 15) is 8.42 Å². The summed E-state index contributed by atoms with van der Waals surface area (Å²) < 4.78 is 43.0. The lowest BCUT2D eigenvalue weighted by Gasteiger charge is -2.18. The summed E-state index contributed by atoms with van der Waals surface area (Å²) in [5.74, 6) is 0.831. The van der Waals surface area contributed by atoms with Crippen LogP contribution in [0.4, 0.5) is 0 Å². The lowest BCUT2D eigenvalue weighted by Crippen LogP contribution is -2.29. The fraction of sp³-hybridized carbons (Fsp3) is 0.556. The molecule has 0 spiro atoms. The van der Waals surface area contributed by atoms with Crippen molar-refractivity contribution < 1.29 is 22.4 Å². The highest BCUT2D eigenvalue weighted by Crippen LogP contribution is 2.31. The largest absolute Gasteiger partial charge is 0.382 e. The SMILES string of the molecule is COCCOCc1nc([C@H]2CCN(S(=O)(=O)c3cc(C)ccc3C)C2)no1. The van der Waals surface area contributed by atoms with Crippen LogP contribution in [0.2, 0.25) is 0 Å². The van der Waals surface area contributed by atoms with Crippen LogP contribution in [0.15, 0.2) is 27.6 Å². The third-order valence-corrected chi connectivity index (χ3v) is 6.63. The second-order valence-corrected chi connectivity index (χ2v) is 8.62. The average Bonchev–Trinajstić information content (AvgIpc) is 3.30. The van der Waals surface area contributed by atoms with E-state index in [2.05, 4.69) is 10.1 Å². The summed E-state index contributed by atoms with van der Waals surface area (Å²) in [5, 5.41) is 4.00. The van der Waals surface area contributed by atoms with Crippen LogP contribution < -0.4 is 0 Å². The zero-order valence-electron chi connectivity index (χ0n) is 15.8. The van der Waals surface area contributed by atoms with Gasteiger partial charge in [0.25, 0.3) is 5.89 Å². The summed E-state index contributed by atoms with van der Waals surface area (Å²) in [6.07, 6.45) is 0.660. The Kier molecular flexibility index (Phi) is 6.25. The molecule has 3 rings (SSSR count). The number of nitrogens with zero attached hydrogens (tertiary/aromatic N) is 3. The van der Waals surface area contributed by atoms with Gasteiger partial charge >= 0.3 is 0 Å². The van der Waals surface area contributed by atoms with Crippen LogP contribution in [-0.4, -0.2) is 56.3 Å². The molecule has 9 heteroatoms. The van der Waals surface area contributed by atoms with Crippen LogP contribution in [0.1, 0.15) is 35.2 Å². The van der Waals surface area contributed by atoms with Gasteiger partial charge in [-0.15, -0.1) is 0 Å². The van der Waals surface area contributed by atoms with E-state index in [0.717, 1.165) is 11.1 Å². The Balaban J connectivity index is 1.66. The summed E-state index contributed by atoms with van der Waals surface area (Å²) in [4.78, 5) is 4.71. The van der Waals surface area contributed by atoms with Crippen LogP contribution in [0.3, 0.4) is 0 Å². The quantitative estimate of drug-likeness (QED) is 0.631. The zero-order valence-corrected chi connectivity index (χ0v) is 16.7. The maximum atomic E-state index is 13.0. The molecule has 2 aromatic rings.